The predicted molar refractivity (Wildman–Crippen MR) is 93.7 cm³/mol. The molecule has 0 saturated carbocycles. The molecular formula is C19H27FN2O3. The fraction of sp³-hybridized carbons (Fsp3) is 0.579. The second kappa shape index (κ2) is 10.0. The van der Waals surface area contributed by atoms with Gasteiger partial charge in [0.2, 0.25) is 0 Å². The van der Waals surface area contributed by atoms with Gasteiger partial charge in [-0.3, -0.25) is 4.79 Å². The number of unbranched alkanes of at least 4 members (excludes halogenated alkanes) is 1. The Bertz CT molecular complexity index is 572. The summed E-state index contributed by atoms with van der Waals surface area (Å²) in [4.78, 5) is 25.0. The van der Waals surface area contributed by atoms with Gasteiger partial charge < -0.3 is 15.0 Å². The van der Waals surface area contributed by atoms with E-state index in [0.29, 0.717) is 25.3 Å². The van der Waals surface area contributed by atoms with Gasteiger partial charge in [-0.2, -0.15) is 0 Å². The molecule has 6 heteroatoms. The van der Waals surface area contributed by atoms with Gasteiger partial charge in [-0.05, 0) is 55.7 Å². The first kappa shape index (κ1) is 19.2. The van der Waals surface area contributed by atoms with Crippen LogP contribution in [0.1, 0.15) is 37.7 Å². The number of nitrogens with one attached hydrogen (secondary N) is 1. The first-order valence-corrected chi connectivity index (χ1v) is 8.92. The lowest BCUT2D eigenvalue weighted by atomic mass is 9.90. The van der Waals surface area contributed by atoms with E-state index >= 15 is 0 Å². The van der Waals surface area contributed by atoms with Gasteiger partial charge in [0, 0.05) is 26.1 Å². The van der Waals surface area contributed by atoms with Crippen molar-refractivity contribution in [3.05, 3.63) is 35.6 Å². The molecule has 1 saturated heterocycles. The minimum absolute atomic E-state index is 0.0396. The van der Waals surface area contributed by atoms with E-state index in [1.165, 1.54) is 13.2 Å². The van der Waals surface area contributed by atoms with Gasteiger partial charge in [0.25, 0.3) is 0 Å². The molecule has 0 aliphatic carbocycles. The quantitative estimate of drug-likeness (QED) is 0.607. The molecule has 1 N–H and O–H groups in total. The van der Waals surface area contributed by atoms with Crippen molar-refractivity contribution in [3.8, 4) is 0 Å². The number of piperidine rings is 1. The lowest BCUT2D eigenvalue weighted by Crippen LogP contribution is -2.45. The Kier molecular flexibility index (Phi) is 7.70. The van der Waals surface area contributed by atoms with Crippen LogP contribution in [0.3, 0.4) is 0 Å². The minimum Gasteiger partial charge on any atom is -0.469 e. The third kappa shape index (κ3) is 6.72. The summed E-state index contributed by atoms with van der Waals surface area (Å²) in [7, 11) is 1.38. The number of ether oxygens (including phenoxy) is 1. The number of methoxy groups -OCH3 is 1. The average molecular weight is 350 g/mol. The van der Waals surface area contributed by atoms with E-state index in [0.717, 1.165) is 44.3 Å². The molecule has 2 amide bonds. The van der Waals surface area contributed by atoms with Crippen LogP contribution in [0.15, 0.2) is 24.3 Å². The Morgan fingerprint density at radius 2 is 2.04 bits per heavy atom. The standard InChI is InChI=1S/C19H27FN2O3/c1-25-18(23)7-2-3-10-21-19(24)22-11-8-15(9-12-22)13-16-5-4-6-17(20)14-16/h4-6,14-15H,2-3,7-13H2,1H3,(H,21,24). The van der Waals surface area contributed by atoms with Crippen LogP contribution in [0.2, 0.25) is 0 Å². The van der Waals surface area contributed by atoms with Crippen LogP contribution in [0.25, 0.3) is 0 Å². The number of hydrogen-bond acceptors (Lipinski definition) is 3. The zero-order valence-electron chi connectivity index (χ0n) is 14.8. The first-order valence-electron chi connectivity index (χ1n) is 8.92. The zero-order valence-corrected chi connectivity index (χ0v) is 14.8. The summed E-state index contributed by atoms with van der Waals surface area (Å²) in [5.74, 6) is 0.0825. The van der Waals surface area contributed by atoms with E-state index in [1.807, 2.05) is 11.0 Å². The molecule has 1 aliphatic heterocycles. The normalized spacial score (nSPS) is 15.0. The van der Waals surface area contributed by atoms with E-state index < -0.39 is 0 Å². The summed E-state index contributed by atoms with van der Waals surface area (Å²) in [5.41, 5.74) is 1.02. The largest absolute Gasteiger partial charge is 0.469 e. The number of hydrogen-bond donors (Lipinski definition) is 1. The highest BCUT2D eigenvalue weighted by molar-refractivity contribution is 5.74. The Morgan fingerprint density at radius 1 is 1.28 bits per heavy atom. The number of benzene rings is 1. The van der Waals surface area contributed by atoms with Gasteiger partial charge in [0.1, 0.15) is 5.82 Å². The number of nitrogens with zero attached hydrogens (tertiary/aromatic N) is 1. The van der Waals surface area contributed by atoms with Gasteiger partial charge in [-0.25, -0.2) is 9.18 Å². The Hall–Kier alpha value is -2.11. The van der Waals surface area contributed by atoms with E-state index in [9.17, 15) is 14.0 Å². The van der Waals surface area contributed by atoms with Gasteiger partial charge in [0.05, 0.1) is 7.11 Å². The molecule has 1 heterocycles. The summed E-state index contributed by atoms with van der Waals surface area (Å²) >= 11 is 0. The number of halogens is 1. The molecule has 25 heavy (non-hydrogen) atoms. The summed E-state index contributed by atoms with van der Waals surface area (Å²) in [6.07, 6.45) is 4.59. The van der Waals surface area contributed by atoms with E-state index in [4.69, 9.17) is 0 Å². The molecule has 0 atom stereocenters. The van der Waals surface area contributed by atoms with Crippen LogP contribution in [-0.4, -0.2) is 43.6 Å². The highest BCUT2D eigenvalue weighted by atomic mass is 19.1. The maximum absolute atomic E-state index is 13.2. The average Bonchev–Trinajstić information content (AvgIpc) is 2.61. The highest BCUT2D eigenvalue weighted by Crippen LogP contribution is 2.22. The van der Waals surface area contributed by atoms with Gasteiger partial charge >= 0.3 is 12.0 Å². The molecule has 5 nitrogen and oxygen atoms in total. The summed E-state index contributed by atoms with van der Waals surface area (Å²) < 4.78 is 17.8. The molecule has 0 unspecified atom stereocenters. The van der Waals surface area contributed by atoms with Crippen molar-refractivity contribution in [2.45, 2.75) is 38.5 Å². The van der Waals surface area contributed by atoms with Crippen molar-refractivity contribution in [1.29, 1.82) is 0 Å². The smallest absolute Gasteiger partial charge is 0.317 e. The van der Waals surface area contributed by atoms with Crippen molar-refractivity contribution < 1.29 is 18.7 Å². The topological polar surface area (TPSA) is 58.6 Å². The number of esters is 1. The molecule has 1 aliphatic rings. The number of amides is 2. The van der Waals surface area contributed by atoms with Crippen molar-refractivity contribution >= 4 is 12.0 Å². The summed E-state index contributed by atoms with van der Waals surface area (Å²) in [5, 5.41) is 2.90. The molecule has 1 aromatic rings. The SMILES string of the molecule is COC(=O)CCCCNC(=O)N1CCC(Cc2cccc(F)c2)CC1. The summed E-state index contributed by atoms with van der Waals surface area (Å²) in [6, 6.07) is 6.71. The monoisotopic (exact) mass is 350 g/mol. The number of rotatable bonds is 7. The Balaban J connectivity index is 1.62. The van der Waals surface area contributed by atoms with Crippen LogP contribution in [0.4, 0.5) is 9.18 Å². The maximum atomic E-state index is 13.2. The molecular weight excluding hydrogens is 323 g/mol. The van der Waals surface area contributed by atoms with Crippen molar-refractivity contribution in [3.63, 3.8) is 0 Å². The highest BCUT2D eigenvalue weighted by Gasteiger charge is 2.22. The molecule has 0 spiro atoms. The number of likely N-dealkylation sites (tertiary alicyclic amines) is 1. The maximum Gasteiger partial charge on any atom is 0.317 e. The van der Waals surface area contributed by atoms with Crippen LogP contribution < -0.4 is 5.32 Å². The van der Waals surface area contributed by atoms with Gasteiger partial charge in [-0.15, -0.1) is 0 Å². The molecule has 0 aromatic heterocycles. The second-order valence-corrected chi connectivity index (χ2v) is 6.53. The number of carbonyl (C=O) groups excluding carboxylic acids is 2. The lowest BCUT2D eigenvalue weighted by molar-refractivity contribution is -0.140. The molecule has 1 fully saturated rings. The number of urea groups is 1. The third-order valence-electron chi connectivity index (χ3n) is 4.63. The van der Waals surface area contributed by atoms with Crippen molar-refractivity contribution in [2.24, 2.45) is 5.92 Å². The third-order valence-corrected chi connectivity index (χ3v) is 4.63. The molecule has 0 radical (unpaired) electrons. The van der Waals surface area contributed by atoms with Crippen molar-refractivity contribution in [1.82, 2.24) is 10.2 Å². The fourth-order valence-electron chi connectivity index (χ4n) is 3.14. The first-order chi connectivity index (χ1) is 12.1. The minimum atomic E-state index is -0.216. The number of carbonyl (C=O) groups is 2. The Morgan fingerprint density at radius 3 is 2.72 bits per heavy atom. The van der Waals surface area contributed by atoms with E-state index in [2.05, 4.69) is 10.1 Å². The van der Waals surface area contributed by atoms with Gasteiger partial charge in [0.15, 0.2) is 0 Å². The van der Waals surface area contributed by atoms with E-state index in [1.54, 1.807) is 12.1 Å². The van der Waals surface area contributed by atoms with Crippen molar-refractivity contribution in [2.75, 3.05) is 26.7 Å². The van der Waals surface area contributed by atoms with Crippen LogP contribution in [0.5, 0.6) is 0 Å². The van der Waals surface area contributed by atoms with Crippen LogP contribution >= 0.6 is 0 Å². The molecule has 0 bridgehead atoms. The van der Waals surface area contributed by atoms with Gasteiger partial charge in [-0.1, -0.05) is 12.1 Å². The zero-order chi connectivity index (χ0) is 18.1. The lowest BCUT2D eigenvalue weighted by Gasteiger charge is -2.32. The molecule has 1 aromatic carbocycles. The van der Waals surface area contributed by atoms with E-state index in [-0.39, 0.29) is 17.8 Å². The fourth-order valence-corrected chi connectivity index (χ4v) is 3.14. The Labute approximate surface area is 148 Å². The van der Waals surface area contributed by atoms with Crippen LogP contribution in [0, 0.1) is 11.7 Å². The molecule has 2 rings (SSSR count). The summed E-state index contributed by atoms with van der Waals surface area (Å²) in [6.45, 7) is 2.03. The van der Waals surface area contributed by atoms with Crippen LogP contribution in [-0.2, 0) is 16.0 Å². The molecule has 138 valence electrons. The second-order valence-electron chi connectivity index (χ2n) is 6.53. The predicted octanol–water partition coefficient (Wildman–Crippen LogP) is 3.13.